The maximum absolute atomic E-state index is 11.6. The molecule has 6 nitrogen and oxygen atoms in total. The average molecular weight is 458 g/mol. The van der Waals surface area contributed by atoms with Gasteiger partial charge in [0.05, 0.1) is 32.5 Å². The Morgan fingerprint density at radius 1 is 0.839 bits per heavy atom. The third-order valence-electron chi connectivity index (χ3n) is 5.02. The number of anilines is 2. The Morgan fingerprint density at radius 2 is 1.55 bits per heavy atom. The first-order chi connectivity index (χ1) is 14.8. The molecular weight excluding hydrogens is 441 g/mol. The topological polar surface area (TPSA) is 95.9 Å². The van der Waals surface area contributed by atoms with Crippen molar-refractivity contribution in [2.45, 2.75) is 19.3 Å². The second-order valence-electron chi connectivity index (χ2n) is 7.17. The fourth-order valence-corrected chi connectivity index (χ4v) is 3.80. The summed E-state index contributed by atoms with van der Waals surface area (Å²) in [6.45, 7) is 0. The number of carboxylic acid groups (broad SMARTS) is 2. The molecule has 158 valence electrons. The van der Waals surface area contributed by atoms with Gasteiger partial charge in [-0.25, -0.2) is 9.59 Å². The Kier molecular flexibility index (Phi) is 5.76. The molecule has 0 amide bonds. The minimum atomic E-state index is -1.24. The first-order valence-electron chi connectivity index (χ1n) is 9.48. The predicted molar refractivity (Wildman–Crippen MR) is 119 cm³/mol. The molecule has 8 heteroatoms. The molecule has 1 aliphatic heterocycles. The van der Waals surface area contributed by atoms with E-state index in [0.717, 1.165) is 36.5 Å². The van der Waals surface area contributed by atoms with E-state index in [2.05, 4.69) is 5.32 Å². The molecule has 0 spiro atoms. The molecule has 0 radical (unpaired) electrons. The summed E-state index contributed by atoms with van der Waals surface area (Å²) < 4.78 is 5.80. The second-order valence-corrected chi connectivity index (χ2v) is 7.98. The molecule has 3 aromatic rings. The van der Waals surface area contributed by atoms with Crippen LogP contribution in [0.2, 0.25) is 10.0 Å². The lowest BCUT2D eigenvalue weighted by Gasteiger charge is -2.24. The summed E-state index contributed by atoms with van der Waals surface area (Å²) in [7, 11) is 0. The summed E-state index contributed by atoms with van der Waals surface area (Å²) in [4.78, 5) is 22.9. The minimum absolute atomic E-state index is 0.152. The van der Waals surface area contributed by atoms with Crippen LogP contribution in [0.15, 0.2) is 48.5 Å². The zero-order valence-corrected chi connectivity index (χ0v) is 17.6. The lowest BCUT2D eigenvalue weighted by atomic mass is 10.0. The number of hydrogen-bond donors (Lipinski definition) is 3. The van der Waals surface area contributed by atoms with Crippen LogP contribution in [0, 0.1) is 0 Å². The van der Waals surface area contributed by atoms with Gasteiger partial charge in [0.2, 0.25) is 0 Å². The highest BCUT2D eigenvalue weighted by molar-refractivity contribution is 6.42. The SMILES string of the molecule is O=C(O)c1cc2c(c(C(=O)O)c1)Nc1cc(CCCc3ccc(Cl)c(Cl)c3)ccc1O2. The number of carboxylic acids is 2. The first kappa shape index (κ1) is 21.0. The zero-order valence-electron chi connectivity index (χ0n) is 16.1. The molecule has 4 rings (SSSR count). The molecule has 0 saturated heterocycles. The highest BCUT2D eigenvalue weighted by Crippen LogP contribution is 2.44. The van der Waals surface area contributed by atoms with Crippen molar-refractivity contribution < 1.29 is 24.5 Å². The number of nitrogens with one attached hydrogen (secondary N) is 1. The fraction of sp³-hybridized carbons (Fsp3) is 0.130. The average Bonchev–Trinajstić information content (AvgIpc) is 2.73. The Morgan fingerprint density at radius 3 is 2.23 bits per heavy atom. The fourth-order valence-electron chi connectivity index (χ4n) is 3.48. The summed E-state index contributed by atoms with van der Waals surface area (Å²) in [5.41, 5.74) is 2.70. The molecule has 0 unspecified atom stereocenters. The minimum Gasteiger partial charge on any atom is -0.478 e. The Labute approximate surface area is 188 Å². The van der Waals surface area contributed by atoms with Gasteiger partial charge in [0.25, 0.3) is 0 Å². The molecule has 0 atom stereocenters. The van der Waals surface area contributed by atoms with Crippen LogP contribution >= 0.6 is 23.2 Å². The van der Waals surface area contributed by atoms with Crippen LogP contribution < -0.4 is 10.1 Å². The summed E-state index contributed by atoms with van der Waals surface area (Å²) in [6, 6.07) is 13.6. The molecule has 3 aromatic carbocycles. The summed E-state index contributed by atoms with van der Waals surface area (Å²) in [5.74, 6) is -1.80. The molecule has 3 N–H and O–H groups in total. The van der Waals surface area contributed by atoms with Gasteiger partial charge in [0.15, 0.2) is 11.5 Å². The van der Waals surface area contributed by atoms with Crippen molar-refractivity contribution in [2.75, 3.05) is 5.32 Å². The van der Waals surface area contributed by atoms with Crippen LogP contribution in [0.3, 0.4) is 0 Å². The van der Waals surface area contributed by atoms with Crippen molar-refractivity contribution >= 4 is 46.5 Å². The molecule has 0 bridgehead atoms. The number of carbonyl (C=O) groups is 2. The number of rotatable bonds is 6. The molecular formula is C23H17Cl2NO5. The Bertz CT molecular complexity index is 1210. The van der Waals surface area contributed by atoms with Gasteiger partial charge in [-0.15, -0.1) is 0 Å². The van der Waals surface area contributed by atoms with Crippen molar-refractivity contribution in [3.63, 3.8) is 0 Å². The van der Waals surface area contributed by atoms with Gasteiger partial charge in [0.1, 0.15) is 0 Å². The third kappa shape index (κ3) is 4.45. The van der Waals surface area contributed by atoms with E-state index in [1.807, 2.05) is 24.3 Å². The number of benzene rings is 3. The number of aryl methyl sites for hydroxylation is 2. The smallest absolute Gasteiger partial charge is 0.337 e. The number of fused-ring (bicyclic) bond motifs is 2. The van der Waals surface area contributed by atoms with Crippen LogP contribution in [0.4, 0.5) is 11.4 Å². The standard InChI is InChI=1S/C23H17Cl2NO5/c24-16-6-4-12(8-17(16)25)2-1-3-13-5-7-19-18(9-13)26-21-15(23(29)30)10-14(22(27)28)11-20(21)31-19/h4-11,26H,1-3H2,(H,27,28)(H,29,30). The number of halogens is 2. The number of hydrogen-bond acceptors (Lipinski definition) is 4. The Hall–Kier alpha value is -3.22. The van der Waals surface area contributed by atoms with Crippen molar-refractivity contribution in [2.24, 2.45) is 0 Å². The maximum atomic E-state index is 11.6. The molecule has 31 heavy (non-hydrogen) atoms. The number of aromatic carboxylic acids is 2. The van der Waals surface area contributed by atoms with Crippen LogP contribution in [-0.4, -0.2) is 22.2 Å². The molecule has 0 aliphatic carbocycles. The Balaban J connectivity index is 1.52. The predicted octanol–water partition coefficient (Wildman–Crippen LogP) is 6.41. The first-order valence-corrected chi connectivity index (χ1v) is 10.2. The van der Waals surface area contributed by atoms with Crippen molar-refractivity contribution in [3.8, 4) is 11.5 Å². The normalized spacial score (nSPS) is 11.7. The maximum Gasteiger partial charge on any atom is 0.337 e. The molecule has 1 heterocycles. The van der Waals surface area contributed by atoms with Crippen molar-refractivity contribution in [3.05, 3.63) is 80.8 Å². The van der Waals surface area contributed by atoms with Gasteiger partial charge < -0.3 is 20.3 Å². The van der Waals surface area contributed by atoms with E-state index in [4.69, 9.17) is 27.9 Å². The van der Waals surface area contributed by atoms with Gasteiger partial charge in [0, 0.05) is 0 Å². The largest absolute Gasteiger partial charge is 0.478 e. The van der Waals surface area contributed by atoms with E-state index < -0.39 is 11.9 Å². The summed E-state index contributed by atoms with van der Waals surface area (Å²) >= 11 is 12.0. The summed E-state index contributed by atoms with van der Waals surface area (Å²) in [6.07, 6.45) is 2.52. The lowest BCUT2D eigenvalue weighted by molar-refractivity contribution is 0.0696. The van der Waals surface area contributed by atoms with Crippen LogP contribution in [0.1, 0.15) is 38.3 Å². The van der Waals surface area contributed by atoms with E-state index in [-0.39, 0.29) is 22.6 Å². The van der Waals surface area contributed by atoms with Crippen LogP contribution in [0.5, 0.6) is 11.5 Å². The molecule has 0 fully saturated rings. The van der Waals surface area contributed by atoms with Crippen LogP contribution in [-0.2, 0) is 12.8 Å². The van der Waals surface area contributed by atoms with E-state index in [1.165, 1.54) is 6.07 Å². The van der Waals surface area contributed by atoms with Crippen LogP contribution in [0.25, 0.3) is 0 Å². The zero-order chi connectivity index (χ0) is 22.1. The van der Waals surface area contributed by atoms with E-state index in [9.17, 15) is 19.8 Å². The number of ether oxygens (including phenoxy) is 1. The molecule has 0 aromatic heterocycles. The van der Waals surface area contributed by atoms with E-state index in [1.54, 1.807) is 12.1 Å². The van der Waals surface area contributed by atoms with E-state index in [0.29, 0.717) is 21.5 Å². The van der Waals surface area contributed by atoms with Gasteiger partial charge >= 0.3 is 11.9 Å². The van der Waals surface area contributed by atoms with Gasteiger partial charge in [-0.2, -0.15) is 0 Å². The van der Waals surface area contributed by atoms with Crippen molar-refractivity contribution in [1.82, 2.24) is 0 Å². The highest BCUT2D eigenvalue weighted by Gasteiger charge is 2.25. The monoisotopic (exact) mass is 457 g/mol. The second kappa shape index (κ2) is 8.49. The summed E-state index contributed by atoms with van der Waals surface area (Å²) in [5, 5.41) is 22.9. The van der Waals surface area contributed by atoms with Gasteiger partial charge in [-0.05, 0) is 66.8 Å². The molecule has 1 aliphatic rings. The van der Waals surface area contributed by atoms with Gasteiger partial charge in [-0.3, -0.25) is 0 Å². The highest BCUT2D eigenvalue weighted by atomic mass is 35.5. The van der Waals surface area contributed by atoms with E-state index >= 15 is 0 Å². The third-order valence-corrected chi connectivity index (χ3v) is 5.76. The van der Waals surface area contributed by atoms with Gasteiger partial charge in [-0.1, -0.05) is 35.3 Å². The molecule has 0 saturated carbocycles. The lowest BCUT2D eigenvalue weighted by Crippen LogP contribution is -2.11. The quantitative estimate of drug-likeness (QED) is 0.309. The van der Waals surface area contributed by atoms with Crippen molar-refractivity contribution in [1.29, 1.82) is 0 Å².